The van der Waals surface area contributed by atoms with Crippen molar-refractivity contribution >= 4 is 12.2 Å². The molecule has 88 valence electrons. The fraction of sp³-hybridized carbons (Fsp3) is 0.143. The summed E-state index contributed by atoms with van der Waals surface area (Å²) in [6.45, 7) is 0. The van der Waals surface area contributed by atoms with E-state index in [1.807, 2.05) is 42.5 Å². The molecule has 0 fully saturated rings. The smallest absolute Gasteiger partial charge is 0.126 e. The van der Waals surface area contributed by atoms with Crippen LogP contribution in [-0.2, 0) is 0 Å². The number of methoxy groups -OCH3 is 2. The average Bonchev–Trinajstić information content (AvgIpc) is 2.89. The van der Waals surface area contributed by atoms with Gasteiger partial charge in [-0.1, -0.05) is 6.08 Å². The second-order valence-electron chi connectivity index (χ2n) is 3.49. The van der Waals surface area contributed by atoms with Crippen molar-refractivity contribution in [3.05, 3.63) is 47.9 Å². The fourth-order valence-corrected chi connectivity index (χ4v) is 1.49. The lowest BCUT2D eigenvalue weighted by molar-refractivity contribution is 0.394. The van der Waals surface area contributed by atoms with E-state index >= 15 is 0 Å². The standard InChI is InChI=1S/C14H14O3/c1-15-13-8-11(9-14(10-13)16-2)5-6-12-4-3-7-17-12/h3-10H,1-2H3/b6-5+. The van der Waals surface area contributed by atoms with E-state index in [1.165, 1.54) is 0 Å². The molecule has 0 aliphatic rings. The fourth-order valence-electron chi connectivity index (χ4n) is 1.49. The van der Waals surface area contributed by atoms with Crippen molar-refractivity contribution in [2.24, 2.45) is 0 Å². The zero-order valence-corrected chi connectivity index (χ0v) is 9.84. The number of rotatable bonds is 4. The van der Waals surface area contributed by atoms with Crippen molar-refractivity contribution in [3.8, 4) is 11.5 Å². The minimum atomic E-state index is 0.767. The van der Waals surface area contributed by atoms with E-state index in [0.29, 0.717) is 0 Å². The lowest BCUT2D eigenvalue weighted by Crippen LogP contribution is -1.87. The Kier molecular flexibility index (Phi) is 3.50. The van der Waals surface area contributed by atoms with Crippen molar-refractivity contribution in [2.45, 2.75) is 0 Å². The third-order valence-electron chi connectivity index (χ3n) is 2.36. The first-order chi connectivity index (χ1) is 8.31. The van der Waals surface area contributed by atoms with Crippen LogP contribution in [0.4, 0.5) is 0 Å². The summed E-state index contributed by atoms with van der Waals surface area (Å²) in [5.41, 5.74) is 0.998. The van der Waals surface area contributed by atoms with E-state index in [0.717, 1.165) is 22.8 Å². The minimum Gasteiger partial charge on any atom is -0.497 e. The molecule has 0 saturated carbocycles. The van der Waals surface area contributed by atoms with Gasteiger partial charge in [0.1, 0.15) is 17.3 Å². The van der Waals surface area contributed by atoms with Crippen molar-refractivity contribution in [1.82, 2.24) is 0 Å². The molecule has 2 aromatic rings. The van der Waals surface area contributed by atoms with Gasteiger partial charge in [0.25, 0.3) is 0 Å². The number of ether oxygens (including phenoxy) is 2. The van der Waals surface area contributed by atoms with Gasteiger partial charge >= 0.3 is 0 Å². The lowest BCUT2D eigenvalue weighted by atomic mass is 10.2. The first kappa shape index (κ1) is 11.3. The second kappa shape index (κ2) is 5.25. The Balaban J connectivity index is 2.25. The molecule has 0 aliphatic carbocycles. The molecule has 0 saturated heterocycles. The van der Waals surface area contributed by atoms with Crippen LogP contribution < -0.4 is 9.47 Å². The van der Waals surface area contributed by atoms with Crippen LogP contribution in [0, 0.1) is 0 Å². The Morgan fingerprint density at radius 3 is 2.24 bits per heavy atom. The SMILES string of the molecule is COc1cc(/C=C/c2ccco2)cc(OC)c1. The number of hydrogen-bond donors (Lipinski definition) is 0. The van der Waals surface area contributed by atoms with Gasteiger partial charge in [-0.25, -0.2) is 0 Å². The highest BCUT2D eigenvalue weighted by Gasteiger charge is 1.99. The molecular formula is C14H14O3. The van der Waals surface area contributed by atoms with Gasteiger partial charge in [-0.2, -0.15) is 0 Å². The normalized spacial score (nSPS) is 10.7. The Labute approximate surface area is 100 Å². The lowest BCUT2D eigenvalue weighted by Gasteiger charge is -2.05. The molecule has 0 radical (unpaired) electrons. The van der Waals surface area contributed by atoms with Crippen LogP contribution in [0.15, 0.2) is 41.0 Å². The third kappa shape index (κ3) is 2.91. The molecular weight excluding hydrogens is 216 g/mol. The molecule has 0 amide bonds. The van der Waals surface area contributed by atoms with E-state index in [2.05, 4.69) is 0 Å². The van der Waals surface area contributed by atoms with Gasteiger partial charge in [-0.15, -0.1) is 0 Å². The summed E-state index contributed by atoms with van der Waals surface area (Å²) in [5, 5.41) is 0. The van der Waals surface area contributed by atoms with E-state index < -0.39 is 0 Å². The predicted octanol–water partition coefficient (Wildman–Crippen LogP) is 3.47. The Bertz CT molecular complexity index is 476. The highest BCUT2D eigenvalue weighted by atomic mass is 16.5. The van der Waals surface area contributed by atoms with Crippen molar-refractivity contribution < 1.29 is 13.9 Å². The maximum atomic E-state index is 5.22. The molecule has 1 aromatic heterocycles. The van der Waals surface area contributed by atoms with Crippen LogP contribution >= 0.6 is 0 Å². The predicted molar refractivity (Wildman–Crippen MR) is 67.2 cm³/mol. The maximum Gasteiger partial charge on any atom is 0.126 e. The number of furan rings is 1. The van der Waals surface area contributed by atoms with Crippen molar-refractivity contribution in [2.75, 3.05) is 14.2 Å². The highest BCUT2D eigenvalue weighted by molar-refractivity contribution is 5.69. The first-order valence-electron chi connectivity index (χ1n) is 5.26. The van der Waals surface area contributed by atoms with Crippen LogP contribution in [-0.4, -0.2) is 14.2 Å². The molecule has 1 aromatic carbocycles. The minimum absolute atomic E-state index is 0.767. The first-order valence-corrected chi connectivity index (χ1v) is 5.26. The summed E-state index contributed by atoms with van der Waals surface area (Å²) >= 11 is 0. The summed E-state index contributed by atoms with van der Waals surface area (Å²) in [6.07, 6.45) is 5.49. The van der Waals surface area contributed by atoms with Gasteiger partial charge in [-0.3, -0.25) is 0 Å². The monoisotopic (exact) mass is 230 g/mol. The summed E-state index contributed by atoms with van der Waals surface area (Å²) < 4.78 is 15.6. The van der Waals surface area contributed by atoms with Crippen molar-refractivity contribution in [1.29, 1.82) is 0 Å². The molecule has 0 spiro atoms. The summed E-state index contributed by atoms with van der Waals surface area (Å²) in [6, 6.07) is 9.45. The summed E-state index contributed by atoms with van der Waals surface area (Å²) in [7, 11) is 3.27. The zero-order valence-electron chi connectivity index (χ0n) is 9.84. The highest BCUT2D eigenvalue weighted by Crippen LogP contribution is 2.23. The Hall–Kier alpha value is -2.16. The van der Waals surface area contributed by atoms with Crippen LogP contribution in [0.1, 0.15) is 11.3 Å². The molecule has 3 heteroatoms. The molecule has 0 bridgehead atoms. The quantitative estimate of drug-likeness (QED) is 0.806. The van der Waals surface area contributed by atoms with Gasteiger partial charge < -0.3 is 13.9 Å². The largest absolute Gasteiger partial charge is 0.497 e. The molecule has 17 heavy (non-hydrogen) atoms. The van der Waals surface area contributed by atoms with Crippen molar-refractivity contribution in [3.63, 3.8) is 0 Å². The number of hydrogen-bond acceptors (Lipinski definition) is 3. The summed E-state index contributed by atoms with van der Waals surface area (Å²) in [5.74, 6) is 2.35. The summed E-state index contributed by atoms with van der Waals surface area (Å²) in [4.78, 5) is 0. The second-order valence-corrected chi connectivity index (χ2v) is 3.49. The van der Waals surface area contributed by atoms with Crippen LogP contribution in [0.25, 0.3) is 12.2 Å². The topological polar surface area (TPSA) is 31.6 Å². The van der Waals surface area contributed by atoms with Gasteiger partial charge in [-0.05, 0) is 35.9 Å². The molecule has 3 nitrogen and oxygen atoms in total. The van der Waals surface area contributed by atoms with Gasteiger partial charge in [0.2, 0.25) is 0 Å². The molecule has 0 aliphatic heterocycles. The molecule has 0 N–H and O–H groups in total. The van der Waals surface area contributed by atoms with Gasteiger partial charge in [0, 0.05) is 6.07 Å². The molecule has 1 heterocycles. The van der Waals surface area contributed by atoms with Gasteiger partial charge in [0.15, 0.2) is 0 Å². The van der Waals surface area contributed by atoms with E-state index in [4.69, 9.17) is 13.9 Å². The average molecular weight is 230 g/mol. The maximum absolute atomic E-state index is 5.22. The Morgan fingerprint density at radius 1 is 1.00 bits per heavy atom. The van der Waals surface area contributed by atoms with Crippen LogP contribution in [0.3, 0.4) is 0 Å². The van der Waals surface area contributed by atoms with Crippen LogP contribution in [0.5, 0.6) is 11.5 Å². The molecule has 0 atom stereocenters. The third-order valence-corrected chi connectivity index (χ3v) is 2.36. The van der Waals surface area contributed by atoms with E-state index in [9.17, 15) is 0 Å². The number of benzene rings is 1. The molecule has 0 unspecified atom stereocenters. The zero-order chi connectivity index (χ0) is 12.1. The Morgan fingerprint density at radius 2 is 1.71 bits per heavy atom. The van der Waals surface area contributed by atoms with E-state index in [1.54, 1.807) is 20.5 Å². The van der Waals surface area contributed by atoms with Crippen LogP contribution in [0.2, 0.25) is 0 Å². The van der Waals surface area contributed by atoms with Gasteiger partial charge in [0.05, 0.1) is 20.5 Å². The van der Waals surface area contributed by atoms with E-state index in [-0.39, 0.29) is 0 Å². The molecule has 2 rings (SSSR count).